The van der Waals surface area contributed by atoms with Crippen molar-refractivity contribution >= 4 is 5.78 Å². The predicted molar refractivity (Wildman–Crippen MR) is 82.3 cm³/mol. The number of imidazole rings is 1. The second-order valence-corrected chi connectivity index (χ2v) is 5.46. The number of Topliss-reactive ketones (excluding diaryl/α,β-unsaturated/α-hetero) is 1. The van der Waals surface area contributed by atoms with E-state index in [4.69, 9.17) is 0 Å². The third-order valence-electron chi connectivity index (χ3n) is 3.94. The van der Waals surface area contributed by atoms with Gasteiger partial charge < -0.3 is 4.98 Å². The third-order valence-corrected chi connectivity index (χ3v) is 3.94. The number of fused-ring (bicyclic) bond motifs is 1. The highest BCUT2D eigenvalue weighted by Gasteiger charge is 2.20. The summed E-state index contributed by atoms with van der Waals surface area (Å²) < 4.78 is 14.1. The molecule has 0 atom stereocenters. The number of aromatic amines is 1. The van der Waals surface area contributed by atoms with E-state index in [1.807, 2.05) is 0 Å². The maximum Gasteiger partial charge on any atom is 0.239 e. The lowest BCUT2D eigenvalue weighted by molar-refractivity contribution is 0.0971. The van der Waals surface area contributed by atoms with Gasteiger partial charge in [-0.25, -0.2) is 4.98 Å². The fourth-order valence-electron chi connectivity index (χ4n) is 2.80. The highest BCUT2D eigenvalue weighted by Crippen LogP contribution is 2.26. The number of ketones is 1. The van der Waals surface area contributed by atoms with E-state index >= 15 is 0 Å². The quantitative estimate of drug-likeness (QED) is 0.789. The predicted octanol–water partition coefficient (Wildman–Crippen LogP) is 3.19. The van der Waals surface area contributed by atoms with Crippen LogP contribution in [-0.4, -0.2) is 25.7 Å². The van der Waals surface area contributed by atoms with E-state index in [9.17, 15) is 9.18 Å². The minimum Gasteiger partial charge on any atom is -0.334 e. The molecule has 114 valence electrons. The highest BCUT2D eigenvalue weighted by atomic mass is 19.1. The van der Waals surface area contributed by atoms with Crippen LogP contribution in [0.3, 0.4) is 0 Å². The van der Waals surface area contributed by atoms with Crippen molar-refractivity contribution in [2.45, 2.75) is 19.3 Å². The van der Waals surface area contributed by atoms with E-state index in [0.717, 1.165) is 18.5 Å². The molecule has 23 heavy (non-hydrogen) atoms. The standard InChI is InChI=1S/C17H13FN4O/c18-16-15(10-3-2-8-19-9-10)21-17(22-16)13-7-6-11-12(20-13)4-1-5-14(11)23/h2-3,6-9H,1,4-5H2,(H,21,22). The fourth-order valence-corrected chi connectivity index (χ4v) is 2.80. The number of hydrogen-bond acceptors (Lipinski definition) is 4. The first-order chi connectivity index (χ1) is 11.2. The Morgan fingerprint density at radius 2 is 2.04 bits per heavy atom. The monoisotopic (exact) mass is 308 g/mol. The van der Waals surface area contributed by atoms with Crippen LogP contribution in [0.4, 0.5) is 4.39 Å². The SMILES string of the molecule is O=C1CCCc2nc(-c3nc(F)c(-c4cccnc4)[nH]3)ccc21. The molecule has 4 rings (SSSR count). The Bertz CT molecular complexity index is 889. The number of carbonyl (C=O) groups excluding carboxylic acids is 1. The summed E-state index contributed by atoms with van der Waals surface area (Å²) in [6, 6.07) is 6.95. The molecule has 6 heteroatoms. The molecule has 1 aliphatic rings. The van der Waals surface area contributed by atoms with Crippen LogP contribution in [0.15, 0.2) is 36.7 Å². The number of hydrogen-bond donors (Lipinski definition) is 1. The van der Waals surface area contributed by atoms with Gasteiger partial charge in [-0.05, 0) is 37.1 Å². The van der Waals surface area contributed by atoms with Crippen molar-refractivity contribution in [3.05, 3.63) is 53.9 Å². The zero-order valence-electron chi connectivity index (χ0n) is 12.2. The largest absolute Gasteiger partial charge is 0.334 e. The molecule has 5 nitrogen and oxygen atoms in total. The highest BCUT2D eigenvalue weighted by molar-refractivity contribution is 5.98. The molecule has 1 N–H and O–H groups in total. The summed E-state index contributed by atoms with van der Waals surface area (Å²) in [5.74, 6) is -0.127. The van der Waals surface area contributed by atoms with E-state index in [0.29, 0.717) is 29.1 Å². The number of H-pyrrole nitrogens is 1. The third kappa shape index (κ3) is 2.42. The number of pyridine rings is 2. The van der Waals surface area contributed by atoms with Crippen molar-refractivity contribution in [2.75, 3.05) is 0 Å². The molecule has 0 amide bonds. The van der Waals surface area contributed by atoms with Crippen molar-refractivity contribution in [1.29, 1.82) is 0 Å². The minimum absolute atomic E-state index is 0.118. The molecule has 3 aromatic rings. The van der Waals surface area contributed by atoms with E-state index in [1.54, 1.807) is 36.7 Å². The molecule has 0 bridgehead atoms. The molecule has 0 saturated carbocycles. The molecule has 1 aliphatic carbocycles. The summed E-state index contributed by atoms with van der Waals surface area (Å²) in [5.41, 5.74) is 2.87. The summed E-state index contributed by atoms with van der Waals surface area (Å²) in [5, 5.41) is 0. The van der Waals surface area contributed by atoms with Crippen LogP contribution in [0.5, 0.6) is 0 Å². The summed E-state index contributed by atoms with van der Waals surface area (Å²) in [6.07, 6.45) is 5.32. The van der Waals surface area contributed by atoms with Crippen molar-refractivity contribution in [1.82, 2.24) is 19.9 Å². The topological polar surface area (TPSA) is 71.5 Å². The molecule has 3 heterocycles. The maximum absolute atomic E-state index is 14.1. The second kappa shape index (κ2) is 5.39. The van der Waals surface area contributed by atoms with Crippen LogP contribution < -0.4 is 0 Å². The number of aromatic nitrogens is 4. The zero-order chi connectivity index (χ0) is 15.8. The molecule has 0 fully saturated rings. The van der Waals surface area contributed by atoms with Gasteiger partial charge in [0.25, 0.3) is 0 Å². The van der Waals surface area contributed by atoms with Crippen LogP contribution in [0.25, 0.3) is 22.8 Å². The Morgan fingerprint density at radius 1 is 1.13 bits per heavy atom. The average Bonchev–Trinajstić information content (AvgIpc) is 2.97. The van der Waals surface area contributed by atoms with Crippen molar-refractivity contribution in [3.8, 4) is 22.8 Å². The van der Waals surface area contributed by atoms with Crippen LogP contribution in [0.2, 0.25) is 0 Å². The molecule has 0 saturated heterocycles. The van der Waals surface area contributed by atoms with E-state index in [1.165, 1.54) is 0 Å². The van der Waals surface area contributed by atoms with Gasteiger partial charge in [-0.2, -0.15) is 9.37 Å². The van der Waals surface area contributed by atoms with Crippen molar-refractivity contribution in [2.24, 2.45) is 0 Å². The van der Waals surface area contributed by atoms with Gasteiger partial charge in [0, 0.05) is 29.9 Å². The maximum atomic E-state index is 14.1. The average molecular weight is 308 g/mol. The van der Waals surface area contributed by atoms with E-state index in [-0.39, 0.29) is 11.5 Å². The van der Waals surface area contributed by atoms with Crippen LogP contribution in [-0.2, 0) is 6.42 Å². The molecule has 0 spiro atoms. The van der Waals surface area contributed by atoms with Gasteiger partial charge in [0.1, 0.15) is 11.4 Å². The van der Waals surface area contributed by atoms with Crippen molar-refractivity contribution in [3.63, 3.8) is 0 Å². The lowest BCUT2D eigenvalue weighted by atomic mass is 9.94. The summed E-state index contributed by atoms with van der Waals surface area (Å²) in [4.78, 5) is 27.2. The van der Waals surface area contributed by atoms with Crippen LogP contribution in [0, 0.1) is 5.95 Å². The minimum atomic E-state index is -0.594. The molecule has 0 aliphatic heterocycles. The number of halogens is 1. The second-order valence-electron chi connectivity index (χ2n) is 5.46. The van der Waals surface area contributed by atoms with Gasteiger partial charge in [0.05, 0.1) is 5.69 Å². The van der Waals surface area contributed by atoms with Gasteiger partial charge in [0.2, 0.25) is 5.95 Å². The van der Waals surface area contributed by atoms with Crippen molar-refractivity contribution < 1.29 is 9.18 Å². The van der Waals surface area contributed by atoms with Gasteiger partial charge in [0.15, 0.2) is 11.6 Å². The Balaban J connectivity index is 1.76. The van der Waals surface area contributed by atoms with Gasteiger partial charge in [-0.3, -0.25) is 9.78 Å². The Kier molecular flexibility index (Phi) is 3.22. The number of nitrogens with one attached hydrogen (secondary N) is 1. The molecule has 0 aromatic carbocycles. The normalized spacial score (nSPS) is 13.9. The first-order valence-corrected chi connectivity index (χ1v) is 7.42. The molecule has 3 aromatic heterocycles. The smallest absolute Gasteiger partial charge is 0.239 e. The Hall–Kier alpha value is -2.89. The Morgan fingerprint density at radius 3 is 2.87 bits per heavy atom. The number of carbonyl (C=O) groups is 1. The molecular formula is C17H13FN4O. The van der Waals surface area contributed by atoms with Crippen LogP contribution >= 0.6 is 0 Å². The molecule has 0 radical (unpaired) electrons. The number of rotatable bonds is 2. The van der Waals surface area contributed by atoms with E-state index < -0.39 is 5.95 Å². The Labute approximate surface area is 131 Å². The molecular weight excluding hydrogens is 295 g/mol. The molecule has 0 unspecified atom stereocenters. The zero-order valence-corrected chi connectivity index (χ0v) is 12.2. The lowest BCUT2D eigenvalue weighted by Gasteiger charge is -2.13. The number of nitrogens with zero attached hydrogens (tertiary/aromatic N) is 3. The summed E-state index contributed by atoms with van der Waals surface area (Å²) >= 11 is 0. The fraction of sp³-hybridized carbons (Fsp3) is 0.176. The summed E-state index contributed by atoms with van der Waals surface area (Å²) in [7, 11) is 0. The first-order valence-electron chi connectivity index (χ1n) is 7.42. The van der Waals surface area contributed by atoms with Gasteiger partial charge in [-0.1, -0.05) is 0 Å². The first kappa shape index (κ1) is 13.8. The van der Waals surface area contributed by atoms with Crippen LogP contribution in [0.1, 0.15) is 28.9 Å². The summed E-state index contributed by atoms with van der Waals surface area (Å²) in [6.45, 7) is 0. The van der Waals surface area contributed by atoms with Gasteiger partial charge >= 0.3 is 0 Å². The number of aryl methyl sites for hydroxylation is 1. The van der Waals surface area contributed by atoms with E-state index in [2.05, 4.69) is 19.9 Å². The van der Waals surface area contributed by atoms with Gasteiger partial charge in [-0.15, -0.1) is 0 Å². The lowest BCUT2D eigenvalue weighted by Crippen LogP contribution is -2.12.